The van der Waals surface area contributed by atoms with Gasteiger partial charge in [0.2, 0.25) is 0 Å². The fourth-order valence-corrected chi connectivity index (χ4v) is 5.20. The molecular formula is C28H30ClNO5. The number of carbonyl (C=O) groups excluding carboxylic acids is 2. The topological polar surface area (TPSA) is 73.9 Å². The molecule has 0 spiro atoms. The number of ether oxygens (including phenoxy) is 3. The number of nitrogens with one attached hydrogen (secondary N) is 1. The van der Waals surface area contributed by atoms with E-state index >= 15 is 0 Å². The lowest BCUT2D eigenvalue weighted by Gasteiger charge is -2.41. The SMILES string of the molecule is COC(=O)C1=C(C)NC2=CC(C)(C)CC(=O)C2C1c1ccc(OCc2cccc(Cl)c2)c(OC)c1. The third kappa shape index (κ3) is 5.08. The van der Waals surface area contributed by atoms with Crippen LogP contribution >= 0.6 is 11.6 Å². The minimum Gasteiger partial charge on any atom is -0.493 e. The summed E-state index contributed by atoms with van der Waals surface area (Å²) in [4.78, 5) is 26.2. The molecule has 184 valence electrons. The smallest absolute Gasteiger partial charge is 0.336 e. The van der Waals surface area contributed by atoms with Crippen molar-refractivity contribution in [3.05, 3.63) is 81.7 Å². The first-order valence-electron chi connectivity index (χ1n) is 11.5. The molecule has 2 aliphatic rings. The van der Waals surface area contributed by atoms with Crippen molar-refractivity contribution < 1.29 is 23.8 Å². The maximum Gasteiger partial charge on any atom is 0.336 e. The van der Waals surface area contributed by atoms with Crippen LogP contribution in [0.3, 0.4) is 0 Å². The van der Waals surface area contributed by atoms with Crippen LogP contribution < -0.4 is 14.8 Å². The highest BCUT2D eigenvalue weighted by Crippen LogP contribution is 2.48. The molecule has 0 bridgehead atoms. The number of hydrogen-bond donors (Lipinski definition) is 1. The Morgan fingerprint density at radius 3 is 2.57 bits per heavy atom. The average molecular weight is 496 g/mol. The first kappa shape index (κ1) is 24.9. The van der Waals surface area contributed by atoms with E-state index in [1.165, 1.54) is 7.11 Å². The normalized spacial score (nSPS) is 21.0. The van der Waals surface area contributed by atoms with Crippen LogP contribution in [0.1, 0.15) is 44.2 Å². The van der Waals surface area contributed by atoms with E-state index in [9.17, 15) is 9.59 Å². The third-order valence-electron chi connectivity index (χ3n) is 6.47. The molecule has 0 fully saturated rings. The van der Waals surface area contributed by atoms with Crippen LogP contribution in [0.5, 0.6) is 11.5 Å². The highest BCUT2D eigenvalue weighted by molar-refractivity contribution is 6.30. The van der Waals surface area contributed by atoms with Gasteiger partial charge in [-0.15, -0.1) is 0 Å². The van der Waals surface area contributed by atoms with E-state index in [0.717, 1.165) is 16.8 Å². The molecule has 6 nitrogen and oxygen atoms in total. The number of benzene rings is 2. The summed E-state index contributed by atoms with van der Waals surface area (Å²) in [7, 11) is 2.92. The van der Waals surface area contributed by atoms with Crippen molar-refractivity contribution in [2.75, 3.05) is 14.2 Å². The fraction of sp³-hybridized carbons (Fsp3) is 0.357. The summed E-state index contributed by atoms with van der Waals surface area (Å²) in [5.74, 6) is -0.328. The van der Waals surface area contributed by atoms with E-state index < -0.39 is 17.8 Å². The Morgan fingerprint density at radius 1 is 1.11 bits per heavy atom. The molecule has 2 unspecified atom stereocenters. The molecule has 1 heterocycles. The fourth-order valence-electron chi connectivity index (χ4n) is 4.99. The van der Waals surface area contributed by atoms with Gasteiger partial charge in [0.05, 0.1) is 25.7 Å². The molecule has 0 amide bonds. The van der Waals surface area contributed by atoms with E-state index in [-0.39, 0.29) is 11.2 Å². The molecule has 0 saturated heterocycles. The van der Waals surface area contributed by atoms with Gasteiger partial charge in [-0.3, -0.25) is 4.79 Å². The number of methoxy groups -OCH3 is 2. The Hall–Kier alpha value is -3.25. The molecule has 4 rings (SSSR count). The van der Waals surface area contributed by atoms with Gasteiger partial charge < -0.3 is 19.5 Å². The molecule has 0 radical (unpaired) electrons. The van der Waals surface area contributed by atoms with E-state index in [0.29, 0.717) is 40.8 Å². The summed E-state index contributed by atoms with van der Waals surface area (Å²) in [6, 6.07) is 13.0. The number of carbonyl (C=O) groups is 2. The van der Waals surface area contributed by atoms with Gasteiger partial charge in [-0.1, -0.05) is 49.7 Å². The van der Waals surface area contributed by atoms with Crippen LogP contribution in [-0.4, -0.2) is 26.0 Å². The molecule has 1 N–H and O–H groups in total. The second-order valence-electron chi connectivity index (χ2n) is 9.67. The van der Waals surface area contributed by atoms with Crippen LogP contribution in [-0.2, 0) is 20.9 Å². The van der Waals surface area contributed by atoms with Gasteiger partial charge in [-0.2, -0.15) is 0 Å². The van der Waals surface area contributed by atoms with Gasteiger partial charge in [0.15, 0.2) is 11.5 Å². The number of allylic oxidation sites excluding steroid dienone is 3. The highest BCUT2D eigenvalue weighted by Gasteiger charge is 2.46. The first-order valence-corrected chi connectivity index (χ1v) is 11.9. The average Bonchev–Trinajstić information content (AvgIpc) is 2.80. The predicted molar refractivity (Wildman–Crippen MR) is 134 cm³/mol. The van der Waals surface area contributed by atoms with E-state index in [1.54, 1.807) is 7.11 Å². The number of esters is 1. The number of hydrogen-bond acceptors (Lipinski definition) is 6. The Labute approximate surface area is 210 Å². The quantitative estimate of drug-likeness (QED) is 0.529. The van der Waals surface area contributed by atoms with Crippen LogP contribution in [0, 0.1) is 11.3 Å². The molecule has 1 aliphatic heterocycles. The zero-order valence-corrected chi connectivity index (χ0v) is 21.4. The van der Waals surface area contributed by atoms with Crippen LogP contribution in [0.2, 0.25) is 5.02 Å². The van der Waals surface area contributed by atoms with Gasteiger partial charge in [0.1, 0.15) is 12.4 Å². The largest absolute Gasteiger partial charge is 0.493 e. The Bertz CT molecular complexity index is 1230. The molecule has 2 atom stereocenters. The Morgan fingerprint density at radius 2 is 1.89 bits per heavy atom. The lowest BCUT2D eigenvalue weighted by atomic mass is 9.66. The van der Waals surface area contributed by atoms with E-state index in [1.807, 2.05) is 63.2 Å². The molecule has 2 aromatic rings. The summed E-state index contributed by atoms with van der Waals surface area (Å²) in [5, 5.41) is 3.94. The summed E-state index contributed by atoms with van der Waals surface area (Å²) in [5.41, 5.74) is 3.38. The van der Waals surface area contributed by atoms with Crippen molar-refractivity contribution in [3.63, 3.8) is 0 Å². The minimum atomic E-state index is -0.510. The zero-order chi connectivity index (χ0) is 25.3. The number of fused-ring (bicyclic) bond motifs is 1. The number of rotatable bonds is 6. The summed E-state index contributed by atoms with van der Waals surface area (Å²) >= 11 is 6.08. The maximum atomic E-state index is 13.4. The van der Waals surface area contributed by atoms with E-state index in [4.69, 9.17) is 25.8 Å². The van der Waals surface area contributed by atoms with E-state index in [2.05, 4.69) is 11.4 Å². The van der Waals surface area contributed by atoms with Crippen molar-refractivity contribution in [2.24, 2.45) is 11.3 Å². The summed E-state index contributed by atoms with van der Waals surface area (Å²) in [6.45, 7) is 6.23. The van der Waals surface area contributed by atoms with Crippen molar-refractivity contribution in [1.29, 1.82) is 0 Å². The van der Waals surface area contributed by atoms with Crippen LogP contribution in [0.15, 0.2) is 65.5 Å². The third-order valence-corrected chi connectivity index (χ3v) is 6.71. The predicted octanol–water partition coefficient (Wildman–Crippen LogP) is 5.56. The second-order valence-corrected chi connectivity index (χ2v) is 10.1. The standard InChI is InChI=1S/C28H30ClNO5/c1-16-24(27(32)34-5)25(26-20(30-16)13-28(2,3)14-21(26)31)18-9-10-22(23(12-18)33-4)35-15-17-7-6-8-19(29)11-17/h6-13,25-26,30H,14-15H2,1-5H3. The maximum absolute atomic E-state index is 13.4. The monoisotopic (exact) mass is 495 g/mol. The minimum absolute atomic E-state index is 0.0825. The first-order chi connectivity index (χ1) is 16.6. The molecule has 0 saturated carbocycles. The molecule has 0 aromatic heterocycles. The number of ketones is 1. The second kappa shape index (κ2) is 9.78. The summed E-state index contributed by atoms with van der Waals surface area (Å²) in [6.07, 6.45) is 2.49. The number of halogens is 1. The molecular weight excluding hydrogens is 466 g/mol. The van der Waals surface area contributed by atoms with Crippen molar-refractivity contribution in [2.45, 2.75) is 39.7 Å². The van der Waals surface area contributed by atoms with Gasteiger partial charge in [0.25, 0.3) is 0 Å². The molecule has 1 aliphatic carbocycles. The van der Waals surface area contributed by atoms with Crippen molar-refractivity contribution >= 4 is 23.4 Å². The summed E-state index contributed by atoms with van der Waals surface area (Å²) < 4.78 is 16.8. The Kier molecular flexibility index (Phi) is 6.95. The van der Waals surface area contributed by atoms with Gasteiger partial charge in [-0.05, 0) is 47.7 Å². The van der Waals surface area contributed by atoms with Gasteiger partial charge in [-0.25, -0.2) is 4.79 Å². The lowest BCUT2D eigenvalue weighted by molar-refractivity contribution is -0.136. The van der Waals surface area contributed by atoms with Crippen LogP contribution in [0.4, 0.5) is 0 Å². The van der Waals surface area contributed by atoms with Gasteiger partial charge >= 0.3 is 5.97 Å². The highest BCUT2D eigenvalue weighted by atomic mass is 35.5. The van der Waals surface area contributed by atoms with Gasteiger partial charge in [0, 0.05) is 28.8 Å². The number of Topliss-reactive ketones (excluding diaryl/α,β-unsaturated/α-hetero) is 1. The molecule has 2 aromatic carbocycles. The Balaban J connectivity index is 1.74. The van der Waals surface area contributed by atoms with Crippen LogP contribution in [0.25, 0.3) is 0 Å². The molecule has 35 heavy (non-hydrogen) atoms. The molecule has 7 heteroatoms. The van der Waals surface area contributed by atoms with Crippen molar-refractivity contribution in [3.8, 4) is 11.5 Å². The zero-order valence-electron chi connectivity index (χ0n) is 20.6. The lowest BCUT2D eigenvalue weighted by Crippen LogP contribution is -2.43. The van der Waals surface area contributed by atoms with Crippen molar-refractivity contribution in [1.82, 2.24) is 5.32 Å².